The van der Waals surface area contributed by atoms with Crippen molar-refractivity contribution in [2.75, 3.05) is 13.1 Å². The molecule has 1 aliphatic heterocycles. The maximum atomic E-state index is 6.13. The van der Waals surface area contributed by atoms with E-state index in [1.54, 1.807) is 11.1 Å². The standard InChI is InChI=1S/C16H24N2/c1-12-15-7-3-2-5-13(15)8-9-16(12)18-10-4-6-14(17)11-18/h2-3,5,7,12,14,16H,4,6,8-11,17H2,1H3/t12-,14+,16-/m0/s1. The van der Waals surface area contributed by atoms with Gasteiger partial charge in [0.2, 0.25) is 0 Å². The molecule has 0 amide bonds. The van der Waals surface area contributed by atoms with Gasteiger partial charge in [0.1, 0.15) is 0 Å². The number of nitrogens with two attached hydrogens (primary N) is 1. The first-order chi connectivity index (χ1) is 8.75. The van der Waals surface area contributed by atoms with Crippen LogP contribution in [0.15, 0.2) is 24.3 Å². The monoisotopic (exact) mass is 244 g/mol. The molecule has 1 fully saturated rings. The predicted molar refractivity (Wildman–Crippen MR) is 75.7 cm³/mol. The summed E-state index contributed by atoms with van der Waals surface area (Å²) in [6.07, 6.45) is 5.00. The van der Waals surface area contributed by atoms with Gasteiger partial charge >= 0.3 is 0 Å². The fraction of sp³-hybridized carbons (Fsp3) is 0.625. The third-order valence-electron chi connectivity index (χ3n) is 4.79. The molecule has 0 saturated carbocycles. The molecule has 2 heteroatoms. The third-order valence-corrected chi connectivity index (χ3v) is 4.79. The molecule has 1 aromatic carbocycles. The summed E-state index contributed by atoms with van der Waals surface area (Å²) in [6.45, 7) is 4.73. The number of hydrogen-bond acceptors (Lipinski definition) is 2. The summed E-state index contributed by atoms with van der Waals surface area (Å²) >= 11 is 0. The smallest absolute Gasteiger partial charge is 0.0168 e. The lowest BCUT2D eigenvalue weighted by atomic mass is 9.79. The molecule has 2 N–H and O–H groups in total. The highest BCUT2D eigenvalue weighted by Crippen LogP contribution is 2.35. The van der Waals surface area contributed by atoms with E-state index in [0.717, 1.165) is 6.54 Å². The Labute approximate surface area is 110 Å². The van der Waals surface area contributed by atoms with E-state index in [1.807, 2.05) is 0 Å². The maximum absolute atomic E-state index is 6.13. The molecule has 0 radical (unpaired) electrons. The van der Waals surface area contributed by atoms with Gasteiger partial charge in [0, 0.05) is 18.6 Å². The van der Waals surface area contributed by atoms with E-state index in [-0.39, 0.29) is 0 Å². The van der Waals surface area contributed by atoms with Crippen LogP contribution in [0, 0.1) is 0 Å². The van der Waals surface area contributed by atoms with Gasteiger partial charge in [-0.2, -0.15) is 0 Å². The largest absolute Gasteiger partial charge is 0.327 e. The number of benzene rings is 1. The minimum Gasteiger partial charge on any atom is -0.327 e. The van der Waals surface area contributed by atoms with Crippen LogP contribution in [0.4, 0.5) is 0 Å². The fourth-order valence-electron chi connectivity index (χ4n) is 3.81. The summed E-state index contributed by atoms with van der Waals surface area (Å²) in [5, 5.41) is 0. The minimum absolute atomic E-state index is 0.392. The van der Waals surface area contributed by atoms with Gasteiger partial charge in [-0.15, -0.1) is 0 Å². The summed E-state index contributed by atoms with van der Waals surface area (Å²) in [5.41, 5.74) is 9.25. The van der Waals surface area contributed by atoms with Crippen molar-refractivity contribution in [3.05, 3.63) is 35.4 Å². The molecule has 1 heterocycles. The summed E-state index contributed by atoms with van der Waals surface area (Å²) < 4.78 is 0. The zero-order valence-electron chi connectivity index (χ0n) is 11.3. The van der Waals surface area contributed by atoms with Crippen LogP contribution in [0.25, 0.3) is 0 Å². The Morgan fingerprint density at radius 3 is 2.89 bits per heavy atom. The lowest BCUT2D eigenvalue weighted by Gasteiger charge is -2.43. The lowest BCUT2D eigenvalue weighted by molar-refractivity contribution is 0.121. The second-order valence-corrected chi connectivity index (χ2v) is 5.99. The van der Waals surface area contributed by atoms with Crippen LogP contribution in [-0.4, -0.2) is 30.1 Å². The summed E-state index contributed by atoms with van der Waals surface area (Å²) in [5.74, 6) is 0.653. The van der Waals surface area contributed by atoms with Crippen LogP contribution < -0.4 is 5.73 Å². The Bertz CT molecular complexity index is 415. The van der Waals surface area contributed by atoms with Gasteiger partial charge < -0.3 is 5.73 Å². The van der Waals surface area contributed by atoms with E-state index in [0.29, 0.717) is 18.0 Å². The Morgan fingerprint density at radius 2 is 2.06 bits per heavy atom. The highest BCUT2D eigenvalue weighted by molar-refractivity contribution is 5.33. The first kappa shape index (κ1) is 12.2. The van der Waals surface area contributed by atoms with Crippen LogP contribution in [0.3, 0.4) is 0 Å². The van der Waals surface area contributed by atoms with Crippen molar-refractivity contribution < 1.29 is 0 Å². The fourth-order valence-corrected chi connectivity index (χ4v) is 3.81. The van der Waals surface area contributed by atoms with Crippen LogP contribution in [0.5, 0.6) is 0 Å². The number of hydrogen-bond donors (Lipinski definition) is 1. The summed E-state index contributed by atoms with van der Waals surface area (Å²) in [4.78, 5) is 2.65. The molecular weight excluding hydrogens is 220 g/mol. The number of nitrogens with zero attached hydrogens (tertiary/aromatic N) is 1. The second kappa shape index (κ2) is 5.02. The van der Waals surface area contributed by atoms with Crippen molar-refractivity contribution in [3.63, 3.8) is 0 Å². The first-order valence-corrected chi connectivity index (χ1v) is 7.33. The van der Waals surface area contributed by atoms with E-state index in [4.69, 9.17) is 5.73 Å². The molecule has 2 nitrogen and oxygen atoms in total. The average Bonchev–Trinajstić information content (AvgIpc) is 2.39. The zero-order chi connectivity index (χ0) is 12.5. The molecule has 1 aromatic rings. The number of fused-ring (bicyclic) bond motifs is 1. The van der Waals surface area contributed by atoms with E-state index in [9.17, 15) is 0 Å². The predicted octanol–water partition coefficient (Wildman–Crippen LogP) is 2.53. The Kier molecular flexibility index (Phi) is 3.40. The molecule has 0 unspecified atom stereocenters. The molecule has 18 heavy (non-hydrogen) atoms. The molecule has 1 aliphatic carbocycles. The van der Waals surface area contributed by atoms with Crippen LogP contribution >= 0.6 is 0 Å². The van der Waals surface area contributed by atoms with Crippen molar-refractivity contribution in [3.8, 4) is 0 Å². The van der Waals surface area contributed by atoms with Gasteiger partial charge in [-0.1, -0.05) is 31.2 Å². The maximum Gasteiger partial charge on any atom is 0.0168 e. The minimum atomic E-state index is 0.392. The molecule has 2 aliphatic rings. The molecule has 98 valence electrons. The van der Waals surface area contributed by atoms with Gasteiger partial charge in [-0.05, 0) is 49.3 Å². The third kappa shape index (κ3) is 2.19. The topological polar surface area (TPSA) is 29.3 Å². The van der Waals surface area contributed by atoms with Crippen LogP contribution in [0.1, 0.15) is 43.2 Å². The molecule has 3 atom stereocenters. The molecular formula is C16H24N2. The van der Waals surface area contributed by atoms with E-state index >= 15 is 0 Å². The van der Waals surface area contributed by atoms with Gasteiger partial charge in [0.15, 0.2) is 0 Å². The van der Waals surface area contributed by atoms with Gasteiger partial charge in [0.25, 0.3) is 0 Å². The van der Waals surface area contributed by atoms with Crippen LogP contribution in [-0.2, 0) is 6.42 Å². The average molecular weight is 244 g/mol. The SMILES string of the molecule is C[C@H]1c2ccccc2CC[C@@H]1N1CCC[C@@H](N)C1. The summed E-state index contributed by atoms with van der Waals surface area (Å²) in [6, 6.07) is 10.1. The molecule has 0 aromatic heterocycles. The van der Waals surface area contributed by atoms with Crippen molar-refractivity contribution in [2.24, 2.45) is 5.73 Å². The first-order valence-electron chi connectivity index (χ1n) is 7.33. The van der Waals surface area contributed by atoms with Crippen molar-refractivity contribution >= 4 is 0 Å². The van der Waals surface area contributed by atoms with Crippen molar-refractivity contribution in [2.45, 2.75) is 50.6 Å². The van der Waals surface area contributed by atoms with E-state index < -0.39 is 0 Å². The van der Waals surface area contributed by atoms with Gasteiger partial charge in [-0.3, -0.25) is 4.90 Å². The Hall–Kier alpha value is -0.860. The molecule has 1 saturated heterocycles. The highest BCUT2D eigenvalue weighted by Gasteiger charge is 2.32. The number of rotatable bonds is 1. The van der Waals surface area contributed by atoms with Crippen molar-refractivity contribution in [1.29, 1.82) is 0 Å². The highest BCUT2D eigenvalue weighted by atomic mass is 15.2. The normalized spacial score (nSPS) is 33.1. The lowest BCUT2D eigenvalue weighted by Crippen LogP contribution is -2.50. The second-order valence-electron chi connectivity index (χ2n) is 5.99. The zero-order valence-corrected chi connectivity index (χ0v) is 11.3. The van der Waals surface area contributed by atoms with E-state index in [1.165, 1.54) is 32.2 Å². The van der Waals surface area contributed by atoms with Crippen molar-refractivity contribution in [1.82, 2.24) is 4.90 Å². The van der Waals surface area contributed by atoms with Gasteiger partial charge in [0.05, 0.1) is 0 Å². The van der Waals surface area contributed by atoms with Gasteiger partial charge in [-0.25, -0.2) is 0 Å². The van der Waals surface area contributed by atoms with E-state index in [2.05, 4.69) is 36.1 Å². The molecule has 0 bridgehead atoms. The number of piperidine rings is 1. The number of likely N-dealkylation sites (tertiary alicyclic amines) is 1. The Morgan fingerprint density at radius 1 is 1.22 bits per heavy atom. The molecule has 0 spiro atoms. The molecule has 3 rings (SSSR count). The Balaban J connectivity index is 1.79. The van der Waals surface area contributed by atoms with Crippen LogP contribution in [0.2, 0.25) is 0 Å². The summed E-state index contributed by atoms with van der Waals surface area (Å²) in [7, 11) is 0. The number of aryl methyl sites for hydroxylation is 1. The quantitative estimate of drug-likeness (QED) is 0.822.